The van der Waals surface area contributed by atoms with Gasteiger partial charge in [-0.25, -0.2) is 9.78 Å². The summed E-state index contributed by atoms with van der Waals surface area (Å²) in [4.78, 5) is 58.2. The van der Waals surface area contributed by atoms with Crippen molar-refractivity contribution in [2.45, 2.75) is 25.8 Å². The molecule has 1 fully saturated rings. The maximum atomic E-state index is 13.5. The SMILES string of the molecule is CCOC(=O)N1CCN(C(=O)[C@H](CCC(=O)O)NC(=O)c2cc(-c3ccccc3)nc(-c3ccccc3)c2)CC1. The zero-order valence-electron chi connectivity index (χ0n) is 22.3. The first-order chi connectivity index (χ1) is 19.4. The predicted octanol–water partition coefficient (Wildman–Crippen LogP) is 3.68. The van der Waals surface area contributed by atoms with Crippen LogP contribution in [0.4, 0.5) is 4.79 Å². The number of nitrogens with zero attached hydrogens (tertiary/aromatic N) is 3. The first-order valence-electron chi connectivity index (χ1n) is 13.2. The lowest BCUT2D eigenvalue weighted by molar-refractivity contribution is -0.138. The number of pyridine rings is 1. The number of aliphatic carboxylic acids is 1. The summed E-state index contributed by atoms with van der Waals surface area (Å²) in [6.45, 7) is 3.06. The second-order valence-corrected chi connectivity index (χ2v) is 9.33. The molecule has 1 saturated heterocycles. The number of carbonyl (C=O) groups excluding carboxylic acids is 3. The second-order valence-electron chi connectivity index (χ2n) is 9.33. The van der Waals surface area contributed by atoms with Gasteiger partial charge in [0.1, 0.15) is 6.04 Å². The Hall–Kier alpha value is -4.73. The quantitative estimate of drug-likeness (QED) is 0.420. The number of nitrogens with one attached hydrogen (secondary N) is 1. The van der Waals surface area contributed by atoms with Crippen LogP contribution in [0.2, 0.25) is 0 Å². The minimum absolute atomic E-state index is 0.0693. The number of benzene rings is 2. The third-order valence-corrected chi connectivity index (χ3v) is 6.59. The molecule has 1 atom stereocenters. The highest BCUT2D eigenvalue weighted by Crippen LogP contribution is 2.25. The summed E-state index contributed by atoms with van der Waals surface area (Å²) in [6.07, 6.45) is -0.799. The summed E-state index contributed by atoms with van der Waals surface area (Å²) in [5, 5.41) is 12.0. The van der Waals surface area contributed by atoms with E-state index in [1.807, 2.05) is 60.7 Å². The van der Waals surface area contributed by atoms with E-state index in [1.54, 1.807) is 24.0 Å². The first-order valence-corrected chi connectivity index (χ1v) is 13.2. The Labute approximate surface area is 232 Å². The van der Waals surface area contributed by atoms with Crippen LogP contribution in [-0.2, 0) is 14.3 Å². The number of ether oxygens (including phenoxy) is 1. The van der Waals surface area contributed by atoms with Crippen molar-refractivity contribution in [1.82, 2.24) is 20.1 Å². The van der Waals surface area contributed by atoms with Gasteiger partial charge in [-0.2, -0.15) is 0 Å². The monoisotopic (exact) mass is 544 g/mol. The number of amides is 3. The predicted molar refractivity (Wildman–Crippen MR) is 148 cm³/mol. The number of piperazine rings is 1. The summed E-state index contributed by atoms with van der Waals surface area (Å²) in [5.74, 6) is -1.97. The van der Waals surface area contributed by atoms with Crippen LogP contribution in [0.1, 0.15) is 30.1 Å². The molecule has 0 aliphatic carbocycles. The fourth-order valence-electron chi connectivity index (χ4n) is 4.49. The van der Waals surface area contributed by atoms with Crippen LogP contribution in [0.15, 0.2) is 72.8 Å². The number of hydrogen-bond acceptors (Lipinski definition) is 6. The molecule has 2 heterocycles. The Morgan fingerprint density at radius 2 is 1.40 bits per heavy atom. The number of carboxylic acid groups (broad SMARTS) is 1. The number of aromatic nitrogens is 1. The highest BCUT2D eigenvalue weighted by molar-refractivity contribution is 5.99. The maximum absolute atomic E-state index is 13.5. The zero-order valence-corrected chi connectivity index (χ0v) is 22.3. The molecule has 40 heavy (non-hydrogen) atoms. The van der Waals surface area contributed by atoms with Gasteiger partial charge in [0.2, 0.25) is 5.91 Å². The van der Waals surface area contributed by atoms with Gasteiger partial charge < -0.3 is 25.0 Å². The van der Waals surface area contributed by atoms with E-state index in [1.165, 1.54) is 4.90 Å². The van der Waals surface area contributed by atoms with E-state index in [9.17, 15) is 24.3 Å². The highest BCUT2D eigenvalue weighted by Gasteiger charge is 2.31. The molecule has 3 aromatic rings. The van der Waals surface area contributed by atoms with Gasteiger partial charge in [-0.3, -0.25) is 14.4 Å². The molecule has 0 unspecified atom stereocenters. The molecule has 0 saturated carbocycles. The smallest absolute Gasteiger partial charge is 0.409 e. The second kappa shape index (κ2) is 13.4. The molecular formula is C30H32N4O6. The van der Waals surface area contributed by atoms with Crippen molar-refractivity contribution in [2.75, 3.05) is 32.8 Å². The molecular weight excluding hydrogens is 512 g/mol. The van der Waals surface area contributed by atoms with Crippen molar-refractivity contribution in [2.24, 2.45) is 0 Å². The molecule has 10 heteroatoms. The molecule has 2 aromatic carbocycles. The lowest BCUT2D eigenvalue weighted by atomic mass is 10.0. The highest BCUT2D eigenvalue weighted by atomic mass is 16.6. The van der Waals surface area contributed by atoms with Crippen molar-refractivity contribution in [3.8, 4) is 22.5 Å². The van der Waals surface area contributed by atoms with E-state index in [4.69, 9.17) is 9.72 Å². The van der Waals surface area contributed by atoms with Gasteiger partial charge in [-0.1, -0.05) is 60.7 Å². The van der Waals surface area contributed by atoms with E-state index >= 15 is 0 Å². The minimum atomic E-state index is -1.07. The van der Waals surface area contributed by atoms with E-state index in [0.717, 1.165) is 11.1 Å². The fraction of sp³-hybridized carbons (Fsp3) is 0.300. The van der Waals surface area contributed by atoms with Gasteiger partial charge in [0.05, 0.1) is 18.0 Å². The largest absolute Gasteiger partial charge is 0.481 e. The molecule has 1 aromatic heterocycles. The van der Waals surface area contributed by atoms with Crippen LogP contribution in [0, 0.1) is 0 Å². The third kappa shape index (κ3) is 7.22. The average Bonchev–Trinajstić information content (AvgIpc) is 2.99. The summed E-state index contributed by atoms with van der Waals surface area (Å²) >= 11 is 0. The Morgan fingerprint density at radius 1 is 0.875 bits per heavy atom. The molecule has 1 aliphatic heterocycles. The lowest BCUT2D eigenvalue weighted by Gasteiger charge is -2.36. The van der Waals surface area contributed by atoms with E-state index in [-0.39, 0.29) is 45.6 Å². The molecule has 2 N–H and O–H groups in total. The Morgan fingerprint density at radius 3 is 1.90 bits per heavy atom. The van der Waals surface area contributed by atoms with Gasteiger partial charge >= 0.3 is 12.1 Å². The van der Waals surface area contributed by atoms with Gasteiger partial charge in [-0.15, -0.1) is 0 Å². The number of carbonyl (C=O) groups is 4. The van der Waals surface area contributed by atoms with Crippen LogP contribution >= 0.6 is 0 Å². The molecule has 4 rings (SSSR count). The van der Waals surface area contributed by atoms with E-state index in [2.05, 4.69) is 5.32 Å². The molecule has 1 aliphatic rings. The van der Waals surface area contributed by atoms with Crippen molar-refractivity contribution < 1.29 is 29.0 Å². The number of hydrogen-bond donors (Lipinski definition) is 2. The maximum Gasteiger partial charge on any atom is 0.409 e. The van der Waals surface area contributed by atoms with Crippen LogP contribution < -0.4 is 5.32 Å². The van der Waals surface area contributed by atoms with Gasteiger partial charge in [-0.05, 0) is 25.5 Å². The van der Waals surface area contributed by atoms with Crippen molar-refractivity contribution in [3.63, 3.8) is 0 Å². The third-order valence-electron chi connectivity index (χ3n) is 6.59. The zero-order chi connectivity index (χ0) is 28.5. The van der Waals surface area contributed by atoms with Crippen molar-refractivity contribution in [3.05, 3.63) is 78.4 Å². The summed E-state index contributed by atoms with van der Waals surface area (Å²) < 4.78 is 5.03. The van der Waals surface area contributed by atoms with Gasteiger partial charge in [0.15, 0.2) is 0 Å². The van der Waals surface area contributed by atoms with E-state index < -0.39 is 29.9 Å². The molecule has 208 valence electrons. The van der Waals surface area contributed by atoms with Crippen LogP contribution in [0.3, 0.4) is 0 Å². The van der Waals surface area contributed by atoms with Crippen molar-refractivity contribution in [1.29, 1.82) is 0 Å². The lowest BCUT2D eigenvalue weighted by Crippen LogP contribution is -2.56. The van der Waals surface area contributed by atoms with Crippen LogP contribution in [0.5, 0.6) is 0 Å². The van der Waals surface area contributed by atoms with Crippen molar-refractivity contribution >= 4 is 23.9 Å². The number of carboxylic acids is 1. The van der Waals surface area contributed by atoms with E-state index in [0.29, 0.717) is 17.0 Å². The van der Waals surface area contributed by atoms with Gasteiger partial charge in [0.25, 0.3) is 5.91 Å². The minimum Gasteiger partial charge on any atom is -0.481 e. The normalized spacial score (nSPS) is 13.8. The molecule has 3 amide bonds. The topological polar surface area (TPSA) is 129 Å². The van der Waals surface area contributed by atoms with Crippen LogP contribution in [-0.4, -0.2) is 82.6 Å². The fourth-order valence-corrected chi connectivity index (χ4v) is 4.49. The Bertz CT molecular complexity index is 1280. The number of rotatable bonds is 9. The van der Waals surface area contributed by atoms with Gasteiger partial charge in [0, 0.05) is 49.3 Å². The molecule has 10 nitrogen and oxygen atoms in total. The standard InChI is InChI=1S/C30H32N4O6/c1-2-40-30(39)34-17-15-33(16-18-34)29(38)24(13-14-27(35)36)32-28(37)23-19-25(21-9-5-3-6-10-21)31-26(20-23)22-11-7-4-8-12-22/h3-12,19-20,24H,2,13-18H2,1H3,(H,32,37)(H,35,36)/t24-/m0/s1. The molecule has 0 spiro atoms. The average molecular weight is 545 g/mol. The molecule has 0 radical (unpaired) electrons. The van der Waals surface area contributed by atoms with Crippen LogP contribution in [0.25, 0.3) is 22.5 Å². The first kappa shape index (κ1) is 28.3. The summed E-state index contributed by atoms with van der Waals surface area (Å²) in [6, 6.07) is 21.2. The molecule has 0 bridgehead atoms. The summed E-state index contributed by atoms with van der Waals surface area (Å²) in [5.41, 5.74) is 3.14. The summed E-state index contributed by atoms with van der Waals surface area (Å²) in [7, 11) is 0. The Kier molecular flexibility index (Phi) is 9.45. The Balaban J connectivity index is 1.57.